The number of nitrogens with zero attached hydrogens (tertiary/aromatic N) is 1. The number of hydrogen-bond acceptors (Lipinski definition) is 3. The molecule has 0 aliphatic carbocycles. The lowest BCUT2D eigenvalue weighted by Crippen LogP contribution is -2.35. The van der Waals surface area contributed by atoms with Gasteiger partial charge in [-0.3, -0.25) is 4.98 Å². The predicted octanol–water partition coefficient (Wildman–Crippen LogP) is 4.08. The molecule has 1 atom stereocenters. The molecule has 0 radical (unpaired) electrons. The Kier molecular flexibility index (Phi) is 4.70. The van der Waals surface area contributed by atoms with Crippen LogP contribution in [0.3, 0.4) is 0 Å². The smallest absolute Gasteiger partial charge is 0.134 e. The summed E-state index contributed by atoms with van der Waals surface area (Å²) in [4.78, 5) is 4.26. The van der Waals surface area contributed by atoms with Gasteiger partial charge in [0.1, 0.15) is 5.82 Å². The lowest BCUT2D eigenvalue weighted by molar-refractivity contribution is 0.389. The van der Waals surface area contributed by atoms with Crippen LogP contribution in [0.15, 0.2) is 28.9 Å². The lowest BCUT2D eigenvalue weighted by Gasteiger charge is -2.23. The number of nitrogens with one attached hydrogen (secondary N) is 2. The standard InChI is InChI=1S/C16H19BrFN3/c17-12-4-5-13(18)15-14(7-10-21-16(12)15)20-9-6-11-3-1-2-8-19-11/h4-5,7,10-11,19H,1-3,6,8-9H2,(H,20,21). The minimum Gasteiger partial charge on any atom is -0.384 e. The first-order valence-electron chi connectivity index (χ1n) is 7.45. The first-order chi connectivity index (χ1) is 10.3. The number of hydrogen-bond donors (Lipinski definition) is 2. The van der Waals surface area contributed by atoms with Gasteiger partial charge in [-0.15, -0.1) is 0 Å². The van der Waals surface area contributed by atoms with Crippen molar-refractivity contribution in [2.24, 2.45) is 0 Å². The van der Waals surface area contributed by atoms with E-state index in [1.54, 1.807) is 12.3 Å². The van der Waals surface area contributed by atoms with Crippen LogP contribution in [0.4, 0.5) is 10.1 Å². The van der Waals surface area contributed by atoms with Gasteiger partial charge in [-0.2, -0.15) is 0 Å². The third kappa shape index (κ3) is 3.35. The van der Waals surface area contributed by atoms with Crippen molar-refractivity contribution in [1.82, 2.24) is 10.3 Å². The fourth-order valence-electron chi connectivity index (χ4n) is 2.89. The molecule has 0 spiro atoms. The fourth-order valence-corrected chi connectivity index (χ4v) is 3.32. The summed E-state index contributed by atoms with van der Waals surface area (Å²) in [5.41, 5.74) is 1.48. The summed E-state index contributed by atoms with van der Waals surface area (Å²) < 4.78 is 14.9. The zero-order valence-electron chi connectivity index (χ0n) is 11.8. The second-order valence-electron chi connectivity index (χ2n) is 5.47. The molecule has 1 aromatic heterocycles. The number of pyridine rings is 1. The van der Waals surface area contributed by atoms with Crippen LogP contribution in [0.5, 0.6) is 0 Å². The lowest BCUT2D eigenvalue weighted by atomic mass is 10.0. The van der Waals surface area contributed by atoms with Gasteiger partial charge < -0.3 is 10.6 Å². The number of piperidine rings is 1. The molecule has 0 bridgehead atoms. The third-order valence-corrected chi connectivity index (χ3v) is 4.65. The van der Waals surface area contributed by atoms with Crippen LogP contribution in [0.25, 0.3) is 10.9 Å². The molecule has 1 aromatic carbocycles. The van der Waals surface area contributed by atoms with Crippen molar-refractivity contribution in [2.75, 3.05) is 18.4 Å². The SMILES string of the molecule is Fc1ccc(Br)c2nccc(NCCC3CCCCN3)c12. The largest absolute Gasteiger partial charge is 0.384 e. The van der Waals surface area contributed by atoms with E-state index in [4.69, 9.17) is 0 Å². The third-order valence-electron chi connectivity index (χ3n) is 4.01. The summed E-state index contributed by atoms with van der Waals surface area (Å²) in [6.07, 6.45) is 6.58. The summed E-state index contributed by atoms with van der Waals surface area (Å²) in [5, 5.41) is 7.45. The Bertz CT molecular complexity index is 626. The zero-order valence-corrected chi connectivity index (χ0v) is 13.4. The van der Waals surface area contributed by atoms with Crippen molar-refractivity contribution < 1.29 is 4.39 Å². The molecular weight excluding hydrogens is 333 g/mol. The average molecular weight is 352 g/mol. The van der Waals surface area contributed by atoms with Gasteiger partial charge >= 0.3 is 0 Å². The quantitative estimate of drug-likeness (QED) is 0.871. The minimum absolute atomic E-state index is 0.236. The second-order valence-corrected chi connectivity index (χ2v) is 6.33. The van der Waals surface area contributed by atoms with Gasteiger partial charge in [-0.05, 0) is 59.9 Å². The van der Waals surface area contributed by atoms with E-state index in [0.29, 0.717) is 16.9 Å². The van der Waals surface area contributed by atoms with Gasteiger partial charge in [0.2, 0.25) is 0 Å². The maximum absolute atomic E-state index is 14.1. The highest BCUT2D eigenvalue weighted by molar-refractivity contribution is 9.10. The van der Waals surface area contributed by atoms with E-state index in [2.05, 4.69) is 31.5 Å². The van der Waals surface area contributed by atoms with Crippen molar-refractivity contribution in [3.63, 3.8) is 0 Å². The predicted molar refractivity (Wildman–Crippen MR) is 88.1 cm³/mol. The topological polar surface area (TPSA) is 37.0 Å². The first-order valence-corrected chi connectivity index (χ1v) is 8.25. The Morgan fingerprint density at radius 1 is 1.33 bits per heavy atom. The summed E-state index contributed by atoms with van der Waals surface area (Å²) in [6, 6.07) is 5.59. The van der Waals surface area contributed by atoms with Gasteiger partial charge in [-0.25, -0.2) is 4.39 Å². The molecule has 1 aliphatic heterocycles. The van der Waals surface area contributed by atoms with Gasteiger partial charge in [0.25, 0.3) is 0 Å². The highest BCUT2D eigenvalue weighted by Crippen LogP contribution is 2.30. The van der Waals surface area contributed by atoms with Crippen LogP contribution >= 0.6 is 15.9 Å². The maximum Gasteiger partial charge on any atom is 0.134 e. The number of rotatable bonds is 4. The van der Waals surface area contributed by atoms with Crippen molar-refractivity contribution in [3.8, 4) is 0 Å². The second kappa shape index (κ2) is 6.71. The van der Waals surface area contributed by atoms with Gasteiger partial charge in [0.15, 0.2) is 0 Å². The van der Waals surface area contributed by atoms with Crippen LogP contribution in [0.1, 0.15) is 25.7 Å². The molecule has 0 amide bonds. The van der Waals surface area contributed by atoms with E-state index in [0.717, 1.165) is 29.7 Å². The van der Waals surface area contributed by atoms with Crippen LogP contribution in [-0.2, 0) is 0 Å². The van der Waals surface area contributed by atoms with Crippen LogP contribution < -0.4 is 10.6 Å². The van der Waals surface area contributed by atoms with Crippen LogP contribution in [0, 0.1) is 5.82 Å². The van der Waals surface area contributed by atoms with E-state index >= 15 is 0 Å². The number of aromatic nitrogens is 1. The summed E-state index contributed by atoms with van der Waals surface area (Å²) >= 11 is 3.43. The molecule has 5 heteroatoms. The van der Waals surface area contributed by atoms with Crippen LogP contribution in [-0.4, -0.2) is 24.1 Å². The molecule has 2 heterocycles. The molecule has 0 saturated carbocycles. The Hall–Kier alpha value is -1.20. The molecule has 3 rings (SSSR count). The molecule has 3 nitrogen and oxygen atoms in total. The Labute approximate surface area is 132 Å². The monoisotopic (exact) mass is 351 g/mol. The van der Waals surface area contributed by atoms with E-state index in [1.165, 1.54) is 25.3 Å². The highest BCUT2D eigenvalue weighted by atomic mass is 79.9. The normalized spacial score (nSPS) is 18.9. The Balaban J connectivity index is 1.73. The molecular formula is C16H19BrFN3. The molecule has 2 N–H and O–H groups in total. The van der Waals surface area contributed by atoms with Gasteiger partial charge in [0.05, 0.1) is 10.9 Å². The van der Waals surface area contributed by atoms with E-state index < -0.39 is 0 Å². The molecule has 112 valence electrons. The fraction of sp³-hybridized carbons (Fsp3) is 0.438. The Morgan fingerprint density at radius 2 is 2.24 bits per heavy atom. The van der Waals surface area contributed by atoms with E-state index in [-0.39, 0.29) is 5.82 Å². The van der Waals surface area contributed by atoms with E-state index in [1.807, 2.05) is 6.07 Å². The van der Waals surface area contributed by atoms with Crippen molar-refractivity contribution in [3.05, 3.63) is 34.7 Å². The van der Waals surface area contributed by atoms with Crippen molar-refractivity contribution in [2.45, 2.75) is 31.7 Å². The highest BCUT2D eigenvalue weighted by Gasteiger charge is 2.13. The molecule has 1 fully saturated rings. The molecule has 1 saturated heterocycles. The van der Waals surface area contributed by atoms with E-state index in [9.17, 15) is 4.39 Å². The van der Waals surface area contributed by atoms with Gasteiger partial charge in [0, 0.05) is 28.9 Å². The average Bonchev–Trinajstić information content (AvgIpc) is 2.52. The summed E-state index contributed by atoms with van der Waals surface area (Å²) in [5.74, 6) is -0.236. The zero-order chi connectivity index (χ0) is 14.7. The molecule has 2 aromatic rings. The number of halogens is 2. The molecule has 21 heavy (non-hydrogen) atoms. The summed E-state index contributed by atoms with van der Waals surface area (Å²) in [7, 11) is 0. The van der Waals surface area contributed by atoms with Crippen molar-refractivity contribution in [1.29, 1.82) is 0 Å². The van der Waals surface area contributed by atoms with Gasteiger partial charge in [-0.1, -0.05) is 6.42 Å². The first kappa shape index (κ1) is 14.7. The summed E-state index contributed by atoms with van der Waals surface area (Å²) in [6.45, 7) is 1.95. The molecule has 1 unspecified atom stereocenters. The van der Waals surface area contributed by atoms with Crippen molar-refractivity contribution >= 4 is 32.5 Å². The Morgan fingerprint density at radius 3 is 3.05 bits per heavy atom. The molecule has 1 aliphatic rings. The number of anilines is 1. The minimum atomic E-state index is -0.236. The van der Waals surface area contributed by atoms with Crippen LogP contribution in [0.2, 0.25) is 0 Å². The number of fused-ring (bicyclic) bond motifs is 1. The maximum atomic E-state index is 14.1. The number of benzene rings is 1.